The number of esters is 1. The van der Waals surface area contributed by atoms with Crippen LogP contribution < -0.4 is 0 Å². The fraction of sp³-hybridized carbons (Fsp3) is 0.385. The minimum Gasteiger partial charge on any atom is -0.468 e. The molecule has 1 rings (SSSR count). The monoisotopic (exact) mass is 254 g/mol. The summed E-state index contributed by atoms with van der Waals surface area (Å²) in [6.45, 7) is 1.40. The molecular weight excluding hydrogens is 240 g/mol. The molecule has 4 heteroatoms. The fourth-order valence-corrected chi connectivity index (χ4v) is 1.85. The smallest absolute Gasteiger partial charge is 0.316 e. The first kappa shape index (κ1) is 13.7. The number of hydrogen-bond acceptors (Lipinski definition) is 3. The van der Waals surface area contributed by atoms with Gasteiger partial charge in [0.1, 0.15) is 11.7 Å². The summed E-state index contributed by atoms with van der Waals surface area (Å²) in [6.07, 6.45) is 1.07. The molecule has 1 unspecified atom stereocenters. The lowest BCUT2D eigenvalue weighted by atomic mass is 9.96. The van der Waals surface area contributed by atoms with Crippen LogP contribution in [0.4, 0.5) is 0 Å². The number of aryl methyl sites for hydroxylation is 1. The van der Waals surface area contributed by atoms with Gasteiger partial charge in [-0.1, -0.05) is 23.7 Å². The standard InChI is InChI=1S/C13H15ClO3/c1-9(15)12(13(16)17-2)7-6-10-4-3-5-11(14)8-10/h3-5,8,12H,6-7H2,1-2H3. The van der Waals surface area contributed by atoms with Crippen LogP contribution in [0.15, 0.2) is 24.3 Å². The van der Waals surface area contributed by atoms with Crippen molar-refractivity contribution in [2.24, 2.45) is 5.92 Å². The van der Waals surface area contributed by atoms with Gasteiger partial charge >= 0.3 is 5.97 Å². The molecule has 0 bridgehead atoms. The summed E-state index contributed by atoms with van der Waals surface area (Å²) >= 11 is 5.85. The van der Waals surface area contributed by atoms with Crippen molar-refractivity contribution in [1.29, 1.82) is 0 Å². The van der Waals surface area contributed by atoms with E-state index in [1.54, 1.807) is 6.07 Å². The van der Waals surface area contributed by atoms with Crippen LogP contribution in [0.1, 0.15) is 18.9 Å². The topological polar surface area (TPSA) is 43.4 Å². The maximum Gasteiger partial charge on any atom is 0.316 e. The predicted octanol–water partition coefficient (Wildman–Crippen LogP) is 2.65. The third-order valence-electron chi connectivity index (χ3n) is 2.59. The van der Waals surface area contributed by atoms with Crippen LogP contribution in [-0.2, 0) is 20.7 Å². The highest BCUT2D eigenvalue weighted by Crippen LogP contribution is 2.16. The summed E-state index contributed by atoms with van der Waals surface area (Å²) in [5, 5.41) is 0.653. The molecule has 0 aliphatic heterocycles. The highest BCUT2D eigenvalue weighted by molar-refractivity contribution is 6.30. The van der Waals surface area contributed by atoms with Gasteiger partial charge in [-0.15, -0.1) is 0 Å². The summed E-state index contributed by atoms with van der Waals surface area (Å²) in [7, 11) is 1.29. The van der Waals surface area contributed by atoms with Crippen molar-refractivity contribution in [3.8, 4) is 0 Å². The Bertz CT molecular complexity index is 415. The molecule has 0 spiro atoms. The first-order valence-electron chi connectivity index (χ1n) is 5.37. The van der Waals surface area contributed by atoms with Crippen LogP contribution in [0.5, 0.6) is 0 Å². The number of hydrogen-bond donors (Lipinski definition) is 0. The number of carbonyl (C=O) groups excluding carboxylic acids is 2. The average molecular weight is 255 g/mol. The van der Waals surface area contributed by atoms with Gasteiger partial charge in [0.15, 0.2) is 0 Å². The van der Waals surface area contributed by atoms with Crippen molar-refractivity contribution < 1.29 is 14.3 Å². The van der Waals surface area contributed by atoms with E-state index in [9.17, 15) is 9.59 Å². The molecule has 3 nitrogen and oxygen atoms in total. The van der Waals surface area contributed by atoms with E-state index in [4.69, 9.17) is 11.6 Å². The number of Topliss-reactive ketones (excluding diaryl/α,β-unsaturated/α-hetero) is 1. The second kappa shape index (κ2) is 6.40. The zero-order valence-corrected chi connectivity index (χ0v) is 10.7. The van der Waals surface area contributed by atoms with E-state index < -0.39 is 11.9 Å². The highest BCUT2D eigenvalue weighted by Gasteiger charge is 2.23. The fourth-order valence-electron chi connectivity index (χ4n) is 1.63. The van der Waals surface area contributed by atoms with Crippen LogP contribution in [-0.4, -0.2) is 18.9 Å². The Morgan fingerprint density at radius 3 is 2.65 bits per heavy atom. The van der Waals surface area contributed by atoms with Crippen molar-refractivity contribution >= 4 is 23.4 Å². The maximum absolute atomic E-state index is 11.4. The number of ketones is 1. The Hall–Kier alpha value is -1.35. The molecule has 0 radical (unpaired) electrons. The van der Waals surface area contributed by atoms with Crippen molar-refractivity contribution in [2.45, 2.75) is 19.8 Å². The molecule has 17 heavy (non-hydrogen) atoms. The van der Waals surface area contributed by atoms with Crippen LogP contribution in [0.3, 0.4) is 0 Å². The number of carbonyl (C=O) groups is 2. The molecular formula is C13H15ClO3. The van der Waals surface area contributed by atoms with Crippen LogP contribution >= 0.6 is 11.6 Å². The van der Waals surface area contributed by atoms with Gasteiger partial charge in [-0.3, -0.25) is 9.59 Å². The molecule has 1 atom stereocenters. The Morgan fingerprint density at radius 2 is 2.12 bits per heavy atom. The molecule has 0 heterocycles. The molecule has 0 fully saturated rings. The molecule has 0 saturated carbocycles. The predicted molar refractivity (Wildman–Crippen MR) is 66.0 cm³/mol. The van der Waals surface area contributed by atoms with Gasteiger partial charge in [-0.05, 0) is 37.5 Å². The Labute approximate surface area is 106 Å². The minimum atomic E-state index is -0.681. The van der Waals surface area contributed by atoms with E-state index in [1.165, 1.54) is 14.0 Å². The molecule has 0 aromatic heterocycles. The summed E-state index contributed by atoms with van der Waals surface area (Å²) in [5.41, 5.74) is 1.01. The van der Waals surface area contributed by atoms with Crippen LogP contribution in [0.25, 0.3) is 0 Å². The Kier molecular flexibility index (Phi) is 5.16. The second-order valence-electron chi connectivity index (χ2n) is 3.85. The summed E-state index contributed by atoms with van der Waals surface area (Å²) < 4.78 is 4.60. The lowest BCUT2D eigenvalue weighted by Gasteiger charge is -2.11. The number of benzene rings is 1. The lowest BCUT2D eigenvalue weighted by molar-refractivity contribution is -0.149. The lowest BCUT2D eigenvalue weighted by Crippen LogP contribution is -2.23. The Balaban J connectivity index is 2.64. The zero-order chi connectivity index (χ0) is 12.8. The van der Waals surface area contributed by atoms with Gasteiger partial charge in [-0.2, -0.15) is 0 Å². The summed E-state index contributed by atoms with van der Waals surface area (Å²) in [6, 6.07) is 7.38. The molecule has 0 N–H and O–H groups in total. The maximum atomic E-state index is 11.4. The quantitative estimate of drug-likeness (QED) is 0.599. The molecule has 92 valence electrons. The minimum absolute atomic E-state index is 0.168. The average Bonchev–Trinajstić information content (AvgIpc) is 2.28. The SMILES string of the molecule is COC(=O)C(CCc1cccc(Cl)c1)C(C)=O. The highest BCUT2D eigenvalue weighted by atomic mass is 35.5. The zero-order valence-electron chi connectivity index (χ0n) is 9.90. The molecule has 0 aliphatic rings. The van der Waals surface area contributed by atoms with Gasteiger partial charge in [0.05, 0.1) is 7.11 Å². The molecule has 0 aliphatic carbocycles. The third-order valence-corrected chi connectivity index (χ3v) is 2.82. The van der Waals surface area contributed by atoms with Crippen LogP contribution in [0.2, 0.25) is 5.02 Å². The number of ether oxygens (including phenoxy) is 1. The van der Waals surface area contributed by atoms with Crippen molar-refractivity contribution in [1.82, 2.24) is 0 Å². The number of rotatable bonds is 5. The molecule has 0 amide bonds. The number of halogens is 1. The van der Waals surface area contributed by atoms with E-state index in [0.29, 0.717) is 17.9 Å². The first-order chi connectivity index (χ1) is 8.04. The van der Waals surface area contributed by atoms with Gasteiger partial charge in [0, 0.05) is 5.02 Å². The largest absolute Gasteiger partial charge is 0.468 e. The van der Waals surface area contributed by atoms with Crippen molar-refractivity contribution in [3.63, 3.8) is 0 Å². The molecule has 1 aromatic carbocycles. The van der Waals surface area contributed by atoms with Crippen LogP contribution in [0, 0.1) is 5.92 Å². The normalized spacial score (nSPS) is 11.9. The Morgan fingerprint density at radius 1 is 1.41 bits per heavy atom. The van der Waals surface area contributed by atoms with Gasteiger partial charge in [0.25, 0.3) is 0 Å². The van der Waals surface area contributed by atoms with E-state index in [2.05, 4.69) is 4.74 Å². The van der Waals surface area contributed by atoms with E-state index in [-0.39, 0.29) is 5.78 Å². The van der Waals surface area contributed by atoms with Gasteiger partial charge in [-0.25, -0.2) is 0 Å². The number of methoxy groups -OCH3 is 1. The van der Waals surface area contributed by atoms with Gasteiger partial charge in [0.2, 0.25) is 0 Å². The summed E-state index contributed by atoms with van der Waals surface area (Å²) in [4.78, 5) is 22.7. The second-order valence-corrected chi connectivity index (χ2v) is 4.29. The molecule has 0 saturated heterocycles. The van der Waals surface area contributed by atoms with E-state index in [1.807, 2.05) is 18.2 Å². The van der Waals surface area contributed by atoms with Gasteiger partial charge < -0.3 is 4.74 Å². The third kappa shape index (κ3) is 4.19. The van der Waals surface area contributed by atoms with E-state index in [0.717, 1.165) is 5.56 Å². The van der Waals surface area contributed by atoms with Crippen molar-refractivity contribution in [3.05, 3.63) is 34.9 Å². The summed E-state index contributed by atoms with van der Waals surface area (Å²) in [5.74, 6) is -1.32. The molecule has 1 aromatic rings. The first-order valence-corrected chi connectivity index (χ1v) is 5.75. The van der Waals surface area contributed by atoms with E-state index >= 15 is 0 Å². The van der Waals surface area contributed by atoms with Crippen molar-refractivity contribution in [2.75, 3.05) is 7.11 Å².